The second kappa shape index (κ2) is 4.66. The summed E-state index contributed by atoms with van der Waals surface area (Å²) in [5.41, 5.74) is 0.971. The summed E-state index contributed by atoms with van der Waals surface area (Å²) < 4.78 is 15.9. The molecule has 5 nitrogen and oxygen atoms in total. The van der Waals surface area contributed by atoms with Gasteiger partial charge in [-0.3, -0.25) is 0 Å². The molecule has 1 aromatic carbocycles. The van der Waals surface area contributed by atoms with E-state index in [0.29, 0.717) is 41.7 Å². The van der Waals surface area contributed by atoms with Gasteiger partial charge in [-0.2, -0.15) is 0 Å². The number of rotatable bonds is 2. The molecule has 6 heteroatoms. The van der Waals surface area contributed by atoms with Crippen molar-refractivity contribution in [3.63, 3.8) is 0 Å². The van der Waals surface area contributed by atoms with Gasteiger partial charge in [0.25, 0.3) is 0 Å². The Bertz CT molecular complexity index is 650. The summed E-state index contributed by atoms with van der Waals surface area (Å²) in [6, 6.07) is 3.55. The van der Waals surface area contributed by atoms with Gasteiger partial charge in [0.1, 0.15) is 18.9 Å². The molecule has 100 valence electrons. The minimum atomic E-state index is -0.469. The first-order valence-corrected chi connectivity index (χ1v) is 6.36. The number of halogens is 1. The van der Waals surface area contributed by atoms with Gasteiger partial charge < -0.3 is 19.2 Å². The molecule has 0 radical (unpaired) electrons. The number of fused-ring (bicyclic) bond motifs is 2. The normalized spacial score (nSPS) is 13.6. The predicted molar refractivity (Wildman–Crippen MR) is 70.3 cm³/mol. The van der Waals surface area contributed by atoms with Gasteiger partial charge >= 0.3 is 5.97 Å². The molecule has 1 aromatic heterocycles. The monoisotopic (exact) mass is 281 g/mol. The Morgan fingerprint density at radius 3 is 2.74 bits per heavy atom. The van der Waals surface area contributed by atoms with Crippen LogP contribution in [0, 0.1) is 0 Å². The molecule has 0 amide bonds. The number of ether oxygens (including phenoxy) is 3. The summed E-state index contributed by atoms with van der Waals surface area (Å²) in [6.07, 6.45) is 0. The molecule has 0 saturated heterocycles. The zero-order valence-corrected chi connectivity index (χ0v) is 11.0. The fourth-order valence-corrected chi connectivity index (χ4v) is 2.32. The van der Waals surface area contributed by atoms with E-state index in [1.165, 1.54) is 0 Å². The molecule has 0 unspecified atom stereocenters. The Hall–Kier alpha value is -1.88. The summed E-state index contributed by atoms with van der Waals surface area (Å²) >= 11 is 6.20. The molecule has 0 saturated carbocycles. The van der Waals surface area contributed by atoms with Crippen molar-refractivity contribution in [1.82, 2.24) is 4.98 Å². The number of aromatic nitrogens is 1. The molecule has 0 atom stereocenters. The van der Waals surface area contributed by atoms with Crippen LogP contribution in [0.1, 0.15) is 17.4 Å². The first-order valence-electron chi connectivity index (χ1n) is 5.98. The standard InChI is InChI=1S/C13H12ClNO4/c1-2-17-13(16)12-11(14)7-5-9-10(6-8(7)15-12)19-4-3-18-9/h5-6,15H,2-4H2,1H3. The highest BCUT2D eigenvalue weighted by Gasteiger charge is 2.21. The Morgan fingerprint density at radius 1 is 1.37 bits per heavy atom. The van der Waals surface area contributed by atoms with Crippen molar-refractivity contribution in [3.8, 4) is 11.5 Å². The number of carbonyl (C=O) groups is 1. The average molecular weight is 282 g/mol. The zero-order valence-electron chi connectivity index (χ0n) is 10.3. The molecule has 19 heavy (non-hydrogen) atoms. The molecule has 2 heterocycles. The summed E-state index contributed by atoms with van der Waals surface area (Å²) in [7, 11) is 0. The second-order valence-corrected chi connectivity index (χ2v) is 4.45. The van der Waals surface area contributed by atoms with Crippen LogP contribution in [0.15, 0.2) is 12.1 Å². The molecule has 0 aliphatic carbocycles. The van der Waals surface area contributed by atoms with E-state index in [4.69, 9.17) is 25.8 Å². The molecule has 0 fully saturated rings. The van der Waals surface area contributed by atoms with Crippen LogP contribution < -0.4 is 9.47 Å². The number of hydrogen-bond acceptors (Lipinski definition) is 4. The fourth-order valence-electron chi connectivity index (χ4n) is 2.04. The van der Waals surface area contributed by atoms with Gasteiger partial charge in [0.2, 0.25) is 0 Å². The number of esters is 1. The van der Waals surface area contributed by atoms with Crippen LogP contribution in [-0.2, 0) is 4.74 Å². The van der Waals surface area contributed by atoms with E-state index >= 15 is 0 Å². The molecule has 0 spiro atoms. The number of hydrogen-bond donors (Lipinski definition) is 1. The van der Waals surface area contributed by atoms with Crippen LogP contribution in [0.2, 0.25) is 5.02 Å². The number of benzene rings is 1. The maximum absolute atomic E-state index is 11.8. The third-order valence-corrected chi connectivity index (χ3v) is 3.27. The molecule has 1 aliphatic heterocycles. The van der Waals surface area contributed by atoms with Crippen LogP contribution >= 0.6 is 11.6 Å². The summed E-state index contributed by atoms with van der Waals surface area (Å²) in [6.45, 7) is 3.06. The summed E-state index contributed by atoms with van der Waals surface area (Å²) in [5, 5.41) is 1.05. The van der Waals surface area contributed by atoms with E-state index in [1.54, 1.807) is 19.1 Å². The number of H-pyrrole nitrogens is 1. The van der Waals surface area contributed by atoms with Gasteiger partial charge in [0.15, 0.2) is 11.5 Å². The molecular weight excluding hydrogens is 270 g/mol. The van der Waals surface area contributed by atoms with E-state index in [1.807, 2.05) is 0 Å². The SMILES string of the molecule is CCOC(=O)c1[nH]c2cc3c(cc2c1Cl)OCCO3. The molecule has 1 aliphatic rings. The zero-order chi connectivity index (χ0) is 13.4. The minimum Gasteiger partial charge on any atom is -0.486 e. The second-order valence-electron chi connectivity index (χ2n) is 4.08. The van der Waals surface area contributed by atoms with Crippen LogP contribution in [0.4, 0.5) is 0 Å². The average Bonchev–Trinajstić information content (AvgIpc) is 2.74. The van der Waals surface area contributed by atoms with Gasteiger partial charge in [-0.15, -0.1) is 0 Å². The van der Waals surface area contributed by atoms with Crippen molar-refractivity contribution >= 4 is 28.5 Å². The van der Waals surface area contributed by atoms with Gasteiger partial charge in [-0.05, 0) is 13.0 Å². The van der Waals surface area contributed by atoms with Gasteiger partial charge in [0.05, 0.1) is 17.1 Å². The Morgan fingerprint density at radius 2 is 2.05 bits per heavy atom. The van der Waals surface area contributed by atoms with Gasteiger partial charge in [-0.1, -0.05) is 11.6 Å². The lowest BCUT2D eigenvalue weighted by Gasteiger charge is -2.18. The highest BCUT2D eigenvalue weighted by atomic mass is 35.5. The lowest BCUT2D eigenvalue weighted by atomic mass is 10.2. The highest BCUT2D eigenvalue weighted by Crippen LogP contribution is 2.38. The number of nitrogens with one attached hydrogen (secondary N) is 1. The summed E-state index contributed by atoms with van der Waals surface area (Å²) in [4.78, 5) is 14.7. The molecular formula is C13H12ClNO4. The smallest absolute Gasteiger partial charge is 0.356 e. The largest absolute Gasteiger partial charge is 0.486 e. The Balaban J connectivity index is 2.12. The first-order chi connectivity index (χ1) is 9.20. The van der Waals surface area contributed by atoms with Crippen LogP contribution in [-0.4, -0.2) is 30.8 Å². The third kappa shape index (κ3) is 2.00. The van der Waals surface area contributed by atoms with E-state index in [-0.39, 0.29) is 5.69 Å². The Kier molecular flexibility index (Phi) is 2.98. The van der Waals surface area contributed by atoms with Gasteiger partial charge in [0, 0.05) is 11.5 Å². The quantitative estimate of drug-likeness (QED) is 0.860. The van der Waals surface area contributed by atoms with Crippen molar-refractivity contribution in [2.45, 2.75) is 6.92 Å². The van der Waals surface area contributed by atoms with Crippen LogP contribution in [0.5, 0.6) is 11.5 Å². The first kappa shape index (κ1) is 12.2. The molecule has 1 N–H and O–H groups in total. The van der Waals surface area contributed by atoms with Crippen LogP contribution in [0.3, 0.4) is 0 Å². The fraction of sp³-hybridized carbons (Fsp3) is 0.308. The van der Waals surface area contributed by atoms with Crippen molar-refractivity contribution in [1.29, 1.82) is 0 Å². The lowest BCUT2D eigenvalue weighted by Crippen LogP contribution is -2.15. The minimum absolute atomic E-state index is 0.251. The lowest BCUT2D eigenvalue weighted by molar-refractivity contribution is 0.0521. The van der Waals surface area contributed by atoms with Gasteiger partial charge in [-0.25, -0.2) is 4.79 Å². The predicted octanol–water partition coefficient (Wildman–Crippen LogP) is 2.77. The Labute approximate surface area is 114 Å². The van der Waals surface area contributed by atoms with E-state index in [9.17, 15) is 4.79 Å². The third-order valence-electron chi connectivity index (χ3n) is 2.88. The van der Waals surface area contributed by atoms with E-state index in [2.05, 4.69) is 4.98 Å². The van der Waals surface area contributed by atoms with E-state index in [0.717, 1.165) is 5.52 Å². The highest BCUT2D eigenvalue weighted by molar-refractivity contribution is 6.38. The number of carbonyl (C=O) groups excluding carboxylic acids is 1. The molecule has 2 aromatic rings. The maximum atomic E-state index is 11.8. The summed E-state index contributed by atoms with van der Waals surface area (Å²) in [5.74, 6) is 0.811. The molecule has 0 bridgehead atoms. The molecule has 3 rings (SSSR count). The maximum Gasteiger partial charge on any atom is 0.356 e. The van der Waals surface area contributed by atoms with Crippen molar-refractivity contribution in [2.75, 3.05) is 19.8 Å². The number of aromatic amines is 1. The van der Waals surface area contributed by atoms with Crippen molar-refractivity contribution in [3.05, 3.63) is 22.8 Å². The van der Waals surface area contributed by atoms with Crippen molar-refractivity contribution in [2.24, 2.45) is 0 Å². The van der Waals surface area contributed by atoms with E-state index < -0.39 is 5.97 Å². The topological polar surface area (TPSA) is 60.6 Å². The van der Waals surface area contributed by atoms with Crippen molar-refractivity contribution < 1.29 is 19.0 Å². The van der Waals surface area contributed by atoms with Crippen LogP contribution in [0.25, 0.3) is 10.9 Å².